The first kappa shape index (κ1) is 17.3. The summed E-state index contributed by atoms with van der Waals surface area (Å²) in [5, 5.41) is 25.3. The molecule has 26 heavy (non-hydrogen) atoms. The number of anilines is 1. The highest BCUT2D eigenvalue weighted by atomic mass is 127. The number of tetrazole rings is 1. The van der Waals surface area contributed by atoms with Gasteiger partial charge in [-0.15, -0.1) is 0 Å². The molecule has 4 rings (SSSR count). The molecular weight excluding hydrogens is 449 g/mol. The van der Waals surface area contributed by atoms with Gasteiger partial charge in [0.05, 0.1) is 10.7 Å². The van der Waals surface area contributed by atoms with Crippen LogP contribution in [0.2, 0.25) is 0 Å². The van der Waals surface area contributed by atoms with E-state index in [1.807, 2.05) is 28.7 Å². The monoisotopic (exact) mass is 467 g/mol. The fourth-order valence-electron chi connectivity index (χ4n) is 3.69. The first-order valence-electron chi connectivity index (χ1n) is 8.18. The Kier molecular flexibility index (Phi) is 3.94. The lowest BCUT2D eigenvalue weighted by Gasteiger charge is -2.37. The quantitative estimate of drug-likeness (QED) is 0.655. The molecule has 1 aliphatic heterocycles. The zero-order chi connectivity index (χ0) is 18.6. The molecule has 136 valence electrons. The van der Waals surface area contributed by atoms with E-state index >= 15 is 0 Å². The van der Waals surface area contributed by atoms with Crippen LogP contribution in [0.1, 0.15) is 38.3 Å². The summed E-state index contributed by atoms with van der Waals surface area (Å²) in [5.74, 6) is 1.01. The number of nitrogens with one attached hydrogen (secondary N) is 1. The molecule has 0 saturated heterocycles. The van der Waals surface area contributed by atoms with E-state index in [1.165, 1.54) is 7.11 Å². The maximum Gasteiger partial charge on any atom is 0.248 e. The molecule has 8 nitrogen and oxygen atoms in total. The minimum absolute atomic E-state index is 0.0769. The SMILES string of the molecule is COc1cc([C@H]2C3=C(CC(C)(C)CC3=O)Nc3nnnn32)cc(I)c1O. The second-order valence-electron chi connectivity index (χ2n) is 7.36. The number of hydrogen-bond donors (Lipinski definition) is 2. The second kappa shape index (κ2) is 5.93. The molecule has 0 radical (unpaired) electrons. The van der Waals surface area contributed by atoms with Crippen LogP contribution in [0.4, 0.5) is 5.95 Å². The van der Waals surface area contributed by atoms with E-state index in [0.29, 0.717) is 27.3 Å². The molecule has 0 spiro atoms. The number of allylic oxidation sites excluding steroid dienone is 2. The highest BCUT2D eigenvalue weighted by Gasteiger charge is 2.42. The third-order valence-electron chi connectivity index (χ3n) is 4.78. The number of aromatic nitrogens is 4. The number of benzene rings is 1. The highest BCUT2D eigenvalue weighted by molar-refractivity contribution is 14.1. The molecule has 0 fully saturated rings. The molecule has 1 aromatic carbocycles. The zero-order valence-electron chi connectivity index (χ0n) is 14.6. The molecule has 2 aliphatic rings. The number of hydrogen-bond acceptors (Lipinski definition) is 7. The second-order valence-corrected chi connectivity index (χ2v) is 8.52. The van der Waals surface area contributed by atoms with Gasteiger partial charge < -0.3 is 15.2 Å². The van der Waals surface area contributed by atoms with Crippen molar-refractivity contribution in [2.45, 2.75) is 32.7 Å². The number of carbonyl (C=O) groups excluding carboxylic acids is 1. The molecule has 2 aromatic rings. The molecule has 0 unspecified atom stereocenters. The summed E-state index contributed by atoms with van der Waals surface area (Å²) in [7, 11) is 1.50. The normalized spacial score (nSPS) is 21.1. The van der Waals surface area contributed by atoms with Gasteiger partial charge in [-0.25, -0.2) is 0 Å². The third kappa shape index (κ3) is 2.65. The van der Waals surface area contributed by atoms with Crippen molar-refractivity contribution in [3.63, 3.8) is 0 Å². The van der Waals surface area contributed by atoms with Gasteiger partial charge in [0.25, 0.3) is 0 Å². The fraction of sp³-hybridized carbons (Fsp3) is 0.412. The van der Waals surface area contributed by atoms with Crippen LogP contribution in [-0.4, -0.2) is 38.2 Å². The van der Waals surface area contributed by atoms with Gasteiger partial charge in [0.1, 0.15) is 6.04 Å². The number of phenols is 1. The predicted octanol–water partition coefficient (Wildman–Crippen LogP) is 2.65. The van der Waals surface area contributed by atoms with Gasteiger partial charge in [-0.3, -0.25) is 4.79 Å². The summed E-state index contributed by atoms with van der Waals surface area (Å²) in [5.41, 5.74) is 2.21. The number of aromatic hydroxyl groups is 1. The van der Waals surface area contributed by atoms with Crippen LogP contribution in [0.5, 0.6) is 11.5 Å². The maximum atomic E-state index is 13.0. The lowest BCUT2D eigenvalue weighted by Crippen LogP contribution is -2.36. The smallest absolute Gasteiger partial charge is 0.248 e. The number of ketones is 1. The number of phenolic OH excluding ortho intramolecular Hbond substituents is 1. The number of halogens is 1. The summed E-state index contributed by atoms with van der Waals surface area (Å²) in [6, 6.07) is 3.11. The van der Waals surface area contributed by atoms with Crippen molar-refractivity contribution in [2.75, 3.05) is 12.4 Å². The lowest BCUT2D eigenvalue weighted by molar-refractivity contribution is -0.118. The minimum atomic E-state index is -0.456. The van der Waals surface area contributed by atoms with E-state index < -0.39 is 6.04 Å². The zero-order valence-corrected chi connectivity index (χ0v) is 16.7. The van der Waals surface area contributed by atoms with E-state index in [0.717, 1.165) is 17.7 Å². The van der Waals surface area contributed by atoms with E-state index in [1.54, 1.807) is 10.7 Å². The van der Waals surface area contributed by atoms with E-state index in [9.17, 15) is 9.90 Å². The van der Waals surface area contributed by atoms with Gasteiger partial charge in [-0.2, -0.15) is 4.68 Å². The van der Waals surface area contributed by atoms with Gasteiger partial charge in [0, 0.05) is 17.7 Å². The molecule has 9 heteroatoms. The van der Waals surface area contributed by atoms with Gasteiger partial charge in [0.2, 0.25) is 5.95 Å². The Morgan fingerprint density at radius 3 is 2.88 bits per heavy atom. The third-order valence-corrected chi connectivity index (χ3v) is 5.60. The Morgan fingerprint density at radius 1 is 1.38 bits per heavy atom. The van der Waals surface area contributed by atoms with Crippen LogP contribution in [-0.2, 0) is 4.79 Å². The van der Waals surface area contributed by atoms with Crippen LogP contribution in [0.15, 0.2) is 23.4 Å². The van der Waals surface area contributed by atoms with Gasteiger partial charge in [-0.1, -0.05) is 18.9 Å². The summed E-state index contributed by atoms with van der Waals surface area (Å²) < 4.78 is 7.53. The van der Waals surface area contributed by atoms with Crippen molar-refractivity contribution in [1.82, 2.24) is 20.2 Å². The average molecular weight is 467 g/mol. The van der Waals surface area contributed by atoms with Crippen LogP contribution in [0.3, 0.4) is 0 Å². The Morgan fingerprint density at radius 2 is 2.15 bits per heavy atom. The van der Waals surface area contributed by atoms with E-state index in [2.05, 4.69) is 34.7 Å². The Balaban J connectivity index is 1.93. The van der Waals surface area contributed by atoms with Crippen molar-refractivity contribution < 1.29 is 14.6 Å². The topological polar surface area (TPSA) is 102 Å². The largest absolute Gasteiger partial charge is 0.504 e. The predicted molar refractivity (Wildman–Crippen MR) is 102 cm³/mol. The van der Waals surface area contributed by atoms with E-state index in [4.69, 9.17) is 4.74 Å². The number of fused-ring (bicyclic) bond motifs is 1. The molecule has 1 aromatic heterocycles. The Bertz CT molecular complexity index is 950. The molecule has 0 amide bonds. The van der Waals surface area contributed by atoms with Crippen LogP contribution < -0.4 is 10.1 Å². The van der Waals surface area contributed by atoms with Crippen LogP contribution >= 0.6 is 22.6 Å². The first-order chi connectivity index (χ1) is 12.3. The Labute approximate surface area is 163 Å². The molecular formula is C17H18IN5O3. The molecule has 1 aliphatic carbocycles. The summed E-state index contributed by atoms with van der Waals surface area (Å²) in [6.45, 7) is 4.16. The van der Waals surface area contributed by atoms with Crippen molar-refractivity contribution in [1.29, 1.82) is 0 Å². The maximum absolute atomic E-state index is 13.0. The number of rotatable bonds is 2. The van der Waals surface area contributed by atoms with Gasteiger partial charge in [0.15, 0.2) is 17.3 Å². The van der Waals surface area contributed by atoms with Crippen LogP contribution in [0, 0.1) is 8.99 Å². The van der Waals surface area contributed by atoms with Crippen molar-refractivity contribution in [3.05, 3.63) is 32.5 Å². The summed E-state index contributed by atoms with van der Waals surface area (Å²) >= 11 is 2.04. The molecule has 2 N–H and O–H groups in total. The minimum Gasteiger partial charge on any atom is -0.504 e. The summed E-state index contributed by atoms with van der Waals surface area (Å²) in [6.07, 6.45) is 1.21. The Hall–Kier alpha value is -2.17. The van der Waals surface area contributed by atoms with Crippen molar-refractivity contribution >= 4 is 34.3 Å². The molecule has 1 atom stereocenters. The van der Waals surface area contributed by atoms with Crippen LogP contribution in [0.25, 0.3) is 0 Å². The standard InChI is InChI=1S/C17H18IN5O3/c1-17(2)6-10-13(11(24)7-17)14(23-16(19-10)20-21-22-23)8-4-9(18)15(25)12(5-8)26-3/h4-5,14,25H,6-7H2,1-3H3,(H,19,20,22)/t14-/m0/s1. The number of methoxy groups -OCH3 is 1. The van der Waals surface area contributed by atoms with Crippen molar-refractivity contribution in [2.24, 2.45) is 5.41 Å². The lowest BCUT2D eigenvalue weighted by atomic mass is 9.73. The molecule has 0 bridgehead atoms. The number of ether oxygens (including phenoxy) is 1. The van der Waals surface area contributed by atoms with Crippen molar-refractivity contribution in [3.8, 4) is 11.5 Å². The van der Waals surface area contributed by atoms with Gasteiger partial charge in [-0.05, 0) is 62.5 Å². The highest BCUT2D eigenvalue weighted by Crippen LogP contribution is 2.46. The number of Topliss-reactive ketones (excluding diaryl/α,β-unsaturated/α-hetero) is 1. The molecule has 2 heterocycles. The molecule has 0 saturated carbocycles. The van der Waals surface area contributed by atoms with E-state index in [-0.39, 0.29) is 16.9 Å². The summed E-state index contributed by atoms with van der Waals surface area (Å²) in [4.78, 5) is 13.0. The number of carbonyl (C=O) groups is 1. The fourth-order valence-corrected chi connectivity index (χ4v) is 4.31. The first-order valence-corrected chi connectivity index (χ1v) is 9.26. The average Bonchev–Trinajstić information content (AvgIpc) is 3.02. The number of nitrogens with zero attached hydrogens (tertiary/aromatic N) is 4. The van der Waals surface area contributed by atoms with Gasteiger partial charge >= 0.3 is 0 Å².